The van der Waals surface area contributed by atoms with Gasteiger partial charge in [-0.2, -0.15) is 0 Å². The van der Waals surface area contributed by atoms with Crippen molar-refractivity contribution in [2.45, 2.75) is 0 Å². The van der Waals surface area contributed by atoms with E-state index in [-0.39, 0.29) is 6.61 Å². The number of carbonyl (C=O) groups excluding carboxylic acids is 1. The molecule has 0 aromatic rings. The van der Waals surface area contributed by atoms with Crippen LogP contribution in [0, 0.1) is 0 Å². The van der Waals surface area contributed by atoms with E-state index >= 15 is 0 Å². The standard InChI is InChI=1S/C4H10N2O3/c5-1-2-9-3-4(7)6-8/h8H,1-3,5H2,(H,6,7). The predicted octanol–water partition coefficient (Wildman–Crippen LogP) is -1.53. The number of hydrogen-bond donors (Lipinski definition) is 3. The van der Waals surface area contributed by atoms with Gasteiger partial charge in [-0.1, -0.05) is 0 Å². The van der Waals surface area contributed by atoms with Crippen LogP contribution in [0.5, 0.6) is 0 Å². The molecular weight excluding hydrogens is 124 g/mol. The van der Waals surface area contributed by atoms with Gasteiger partial charge in [0, 0.05) is 6.54 Å². The zero-order chi connectivity index (χ0) is 7.11. The van der Waals surface area contributed by atoms with Crippen molar-refractivity contribution in [3.8, 4) is 0 Å². The first-order valence-electron chi connectivity index (χ1n) is 2.52. The average Bonchev–Trinajstić information content (AvgIpc) is 1.89. The van der Waals surface area contributed by atoms with Gasteiger partial charge < -0.3 is 10.5 Å². The fourth-order valence-corrected chi connectivity index (χ4v) is 0.280. The lowest BCUT2D eigenvalue weighted by molar-refractivity contribution is -0.133. The molecular formula is C4H10N2O3. The molecule has 0 spiro atoms. The molecule has 0 aromatic heterocycles. The Morgan fingerprint density at radius 3 is 2.89 bits per heavy atom. The van der Waals surface area contributed by atoms with Gasteiger partial charge in [-0.15, -0.1) is 0 Å². The monoisotopic (exact) mass is 134 g/mol. The fraction of sp³-hybridized carbons (Fsp3) is 0.750. The van der Waals surface area contributed by atoms with E-state index in [0.717, 1.165) is 0 Å². The Hall–Kier alpha value is -0.650. The predicted molar refractivity (Wildman–Crippen MR) is 29.8 cm³/mol. The molecule has 0 fully saturated rings. The molecule has 0 unspecified atom stereocenters. The maximum Gasteiger partial charge on any atom is 0.269 e. The highest BCUT2D eigenvalue weighted by atomic mass is 16.5. The zero-order valence-corrected chi connectivity index (χ0v) is 4.96. The summed E-state index contributed by atoms with van der Waals surface area (Å²) in [7, 11) is 0. The van der Waals surface area contributed by atoms with Gasteiger partial charge in [0.2, 0.25) is 0 Å². The van der Waals surface area contributed by atoms with Gasteiger partial charge in [-0.25, -0.2) is 5.48 Å². The number of hydrogen-bond acceptors (Lipinski definition) is 4. The second kappa shape index (κ2) is 5.49. The van der Waals surface area contributed by atoms with Gasteiger partial charge >= 0.3 is 0 Å². The maximum absolute atomic E-state index is 10.2. The van der Waals surface area contributed by atoms with Gasteiger partial charge in [0.25, 0.3) is 5.91 Å². The molecule has 0 aliphatic carbocycles. The molecule has 0 aromatic carbocycles. The largest absolute Gasteiger partial charge is 0.370 e. The Morgan fingerprint density at radius 2 is 2.44 bits per heavy atom. The number of rotatable bonds is 4. The second-order valence-electron chi connectivity index (χ2n) is 1.38. The minimum atomic E-state index is -0.566. The number of nitrogens with one attached hydrogen (secondary N) is 1. The van der Waals surface area contributed by atoms with Crippen LogP contribution in [0.4, 0.5) is 0 Å². The molecule has 4 N–H and O–H groups in total. The summed E-state index contributed by atoms with van der Waals surface area (Å²) in [5.41, 5.74) is 6.46. The van der Waals surface area contributed by atoms with E-state index in [1.165, 1.54) is 5.48 Å². The molecule has 0 saturated carbocycles. The normalized spacial score (nSPS) is 9.11. The molecule has 1 amide bonds. The maximum atomic E-state index is 10.2. The summed E-state index contributed by atoms with van der Waals surface area (Å²) in [6.45, 7) is 0.555. The number of carbonyl (C=O) groups is 1. The summed E-state index contributed by atoms with van der Waals surface area (Å²) in [4.78, 5) is 10.2. The van der Waals surface area contributed by atoms with Crippen molar-refractivity contribution in [1.82, 2.24) is 5.48 Å². The molecule has 0 aliphatic rings. The van der Waals surface area contributed by atoms with Gasteiger partial charge in [0.05, 0.1) is 6.61 Å². The second-order valence-corrected chi connectivity index (χ2v) is 1.38. The van der Waals surface area contributed by atoms with Crippen molar-refractivity contribution in [3.63, 3.8) is 0 Å². The van der Waals surface area contributed by atoms with E-state index in [0.29, 0.717) is 13.2 Å². The molecule has 0 radical (unpaired) electrons. The van der Waals surface area contributed by atoms with Crippen molar-refractivity contribution in [2.24, 2.45) is 5.73 Å². The summed E-state index contributed by atoms with van der Waals surface area (Å²) in [5, 5.41) is 7.92. The third-order valence-electron chi connectivity index (χ3n) is 0.620. The highest BCUT2D eigenvalue weighted by Gasteiger charge is 1.95. The van der Waals surface area contributed by atoms with Crippen molar-refractivity contribution in [2.75, 3.05) is 19.8 Å². The van der Waals surface area contributed by atoms with Crippen LogP contribution in [0.25, 0.3) is 0 Å². The van der Waals surface area contributed by atoms with E-state index in [4.69, 9.17) is 10.9 Å². The van der Waals surface area contributed by atoms with Crippen molar-refractivity contribution >= 4 is 5.91 Å². The number of amides is 1. The summed E-state index contributed by atoms with van der Waals surface area (Å²) in [6.07, 6.45) is 0. The first-order valence-corrected chi connectivity index (χ1v) is 2.52. The molecule has 0 saturated heterocycles. The number of hydroxylamine groups is 1. The first-order chi connectivity index (χ1) is 4.31. The lowest BCUT2D eigenvalue weighted by Crippen LogP contribution is -2.25. The Morgan fingerprint density at radius 1 is 1.78 bits per heavy atom. The molecule has 9 heavy (non-hydrogen) atoms. The summed E-state index contributed by atoms with van der Waals surface area (Å²) in [5.74, 6) is -0.566. The third kappa shape index (κ3) is 5.22. The van der Waals surface area contributed by atoms with E-state index in [2.05, 4.69) is 4.74 Å². The minimum absolute atomic E-state index is 0.145. The van der Waals surface area contributed by atoms with E-state index in [1.54, 1.807) is 0 Å². The summed E-state index contributed by atoms with van der Waals surface area (Å²) < 4.78 is 4.64. The fourth-order valence-electron chi connectivity index (χ4n) is 0.280. The molecule has 0 heterocycles. The van der Waals surface area contributed by atoms with Crippen molar-refractivity contribution in [1.29, 1.82) is 0 Å². The van der Waals surface area contributed by atoms with Gasteiger partial charge in [-0.3, -0.25) is 10.0 Å². The number of nitrogens with two attached hydrogens (primary N) is 1. The van der Waals surface area contributed by atoms with Crippen LogP contribution in [0.2, 0.25) is 0 Å². The topological polar surface area (TPSA) is 84.6 Å². The molecule has 0 rings (SSSR count). The number of ether oxygens (including phenoxy) is 1. The van der Waals surface area contributed by atoms with Gasteiger partial charge in [0.1, 0.15) is 6.61 Å². The minimum Gasteiger partial charge on any atom is -0.370 e. The molecule has 5 heteroatoms. The van der Waals surface area contributed by atoms with Crippen LogP contribution >= 0.6 is 0 Å². The third-order valence-corrected chi connectivity index (χ3v) is 0.620. The zero-order valence-electron chi connectivity index (χ0n) is 4.96. The summed E-state index contributed by atoms with van der Waals surface area (Å²) in [6, 6.07) is 0. The van der Waals surface area contributed by atoms with Crippen LogP contribution in [0.15, 0.2) is 0 Å². The van der Waals surface area contributed by atoms with Gasteiger partial charge in [-0.05, 0) is 0 Å². The van der Waals surface area contributed by atoms with Crippen molar-refractivity contribution in [3.05, 3.63) is 0 Å². The Bertz CT molecular complexity index is 85.9. The lowest BCUT2D eigenvalue weighted by atomic mass is 10.6. The van der Waals surface area contributed by atoms with Crippen LogP contribution in [-0.4, -0.2) is 30.9 Å². The molecule has 5 nitrogen and oxygen atoms in total. The van der Waals surface area contributed by atoms with Gasteiger partial charge in [0.15, 0.2) is 0 Å². The highest BCUT2D eigenvalue weighted by Crippen LogP contribution is 1.70. The summed E-state index contributed by atoms with van der Waals surface area (Å²) >= 11 is 0. The molecule has 54 valence electrons. The SMILES string of the molecule is NCCOCC(=O)NO. The Kier molecular flexibility index (Phi) is 5.09. The molecule has 0 atom stereocenters. The first kappa shape index (κ1) is 8.35. The average molecular weight is 134 g/mol. The Balaban J connectivity index is 2.97. The molecule has 0 aliphatic heterocycles. The molecule has 0 bridgehead atoms. The van der Waals surface area contributed by atoms with Crippen LogP contribution in [0.1, 0.15) is 0 Å². The van der Waals surface area contributed by atoms with Crippen LogP contribution in [0.3, 0.4) is 0 Å². The lowest BCUT2D eigenvalue weighted by Gasteiger charge is -1.98. The smallest absolute Gasteiger partial charge is 0.269 e. The van der Waals surface area contributed by atoms with Crippen LogP contribution < -0.4 is 11.2 Å². The quantitative estimate of drug-likeness (QED) is 0.247. The van der Waals surface area contributed by atoms with E-state index < -0.39 is 5.91 Å². The van der Waals surface area contributed by atoms with E-state index in [9.17, 15) is 4.79 Å². The highest BCUT2D eigenvalue weighted by molar-refractivity contribution is 5.75. The Labute approximate surface area is 52.7 Å². The van der Waals surface area contributed by atoms with Crippen molar-refractivity contribution < 1.29 is 14.7 Å². The van der Waals surface area contributed by atoms with E-state index in [1.807, 2.05) is 0 Å². The van der Waals surface area contributed by atoms with Crippen LogP contribution in [-0.2, 0) is 9.53 Å².